The number of aromatic hydroxyl groups is 1. The maximum atomic E-state index is 10.8. The van der Waals surface area contributed by atoms with Gasteiger partial charge in [-0.05, 0) is 6.07 Å². The van der Waals surface area contributed by atoms with E-state index in [1.807, 2.05) is 0 Å². The third kappa shape index (κ3) is 1.25. The number of carboxylic acid groups (broad SMARTS) is 1. The molecular weight excluding hydrogens is 208 g/mol. The fourth-order valence-corrected chi connectivity index (χ4v) is 1.77. The Morgan fingerprint density at radius 3 is 2.79 bits per heavy atom. The molecule has 0 fully saturated rings. The predicted molar refractivity (Wildman–Crippen MR) is 49.0 cm³/mol. The first-order chi connectivity index (χ1) is 6.58. The summed E-state index contributed by atoms with van der Waals surface area (Å²) in [4.78, 5) is 20.9. The normalized spacial score (nSPS) is 10.6. The van der Waals surface area contributed by atoms with Crippen LogP contribution in [0.1, 0.15) is 10.4 Å². The van der Waals surface area contributed by atoms with E-state index in [0.717, 1.165) is 17.4 Å². The molecule has 1 aromatic heterocycles. The Morgan fingerprint density at radius 2 is 2.14 bits per heavy atom. The zero-order valence-corrected chi connectivity index (χ0v) is 7.50. The van der Waals surface area contributed by atoms with Crippen LogP contribution in [-0.2, 0) is 0 Å². The summed E-state index contributed by atoms with van der Waals surface area (Å²) in [5.74, 6) is -1.66. The van der Waals surface area contributed by atoms with Crippen molar-refractivity contribution >= 4 is 27.6 Å². The van der Waals surface area contributed by atoms with Crippen molar-refractivity contribution in [3.63, 3.8) is 0 Å². The van der Waals surface area contributed by atoms with E-state index >= 15 is 0 Å². The van der Waals surface area contributed by atoms with Crippen molar-refractivity contribution in [2.45, 2.75) is 0 Å². The van der Waals surface area contributed by atoms with E-state index in [2.05, 4.69) is 0 Å². The van der Waals surface area contributed by atoms with Gasteiger partial charge in [0.05, 0.1) is 4.70 Å². The second-order valence-corrected chi connectivity index (χ2v) is 3.55. The van der Waals surface area contributed by atoms with Crippen LogP contribution < -0.4 is 4.94 Å². The van der Waals surface area contributed by atoms with Gasteiger partial charge in [-0.25, -0.2) is 9.59 Å². The van der Waals surface area contributed by atoms with Crippen molar-refractivity contribution < 1.29 is 19.4 Å². The first-order valence-corrected chi connectivity index (χ1v) is 4.39. The lowest BCUT2D eigenvalue weighted by molar-refractivity contribution is 0.0694. The number of carbonyl (C=O) groups is 1. The first-order valence-electron chi connectivity index (χ1n) is 3.58. The Kier molecular flexibility index (Phi) is 1.78. The van der Waals surface area contributed by atoms with Gasteiger partial charge >= 0.3 is 10.9 Å². The van der Waals surface area contributed by atoms with Crippen molar-refractivity contribution in [3.8, 4) is 5.75 Å². The van der Waals surface area contributed by atoms with Gasteiger partial charge in [0.15, 0.2) is 5.58 Å². The second kappa shape index (κ2) is 2.85. The van der Waals surface area contributed by atoms with Crippen LogP contribution in [0, 0.1) is 0 Å². The van der Waals surface area contributed by atoms with Crippen LogP contribution in [0.15, 0.2) is 21.3 Å². The monoisotopic (exact) mass is 212 g/mol. The van der Waals surface area contributed by atoms with Crippen molar-refractivity contribution in [1.82, 2.24) is 0 Å². The summed E-state index contributed by atoms with van der Waals surface area (Å²) in [6, 6.07) is 2.33. The van der Waals surface area contributed by atoms with Crippen LogP contribution >= 0.6 is 11.3 Å². The van der Waals surface area contributed by atoms with Gasteiger partial charge in [-0.3, -0.25) is 0 Å². The molecule has 5 nitrogen and oxygen atoms in total. The second-order valence-electron chi connectivity index (χ2n) is 2.58. The van der Waals surface area contributed by atoms with Gasteiger partial charge in [-0.2, -0.15) is 0 Å². The van der Waals surface area contributed by atoms with Crippen molar-refractivity contribution in [2.75, 3.05) is 0 Å². The van der Waals surface area contributed by atoms with E-state index in [9.17, 15) is 14.7 Å². The molecule has 0 aliphatic carbocycles. The Morgan fingerprint density at radius 1 is 1.43 bits per heavy atom. The number of carboxylic acids is 1. The first kappa shape index (κ1) is 8.76. The topological polar surface area (TPSA) is 87.7 Å². The molecule has 1 aromatic carbocycles. The molecule has 0 radical (unpaired) electrons. The van der Waals surface area contributed by atoms with Gasteiger partial charge in [0.25, 0.3) is 0 Å². The van der Waals surface area contributed by atoms with E-state index in [1.165, 1.54) is 6.07 Å². The lowest BCUT2D eigenvalue weighted by atomic mass is 10.2. The summed E-state index contributed by atoms with van der Waals surface area (Å²) in [6.45, 7) is 0. The molecule has 72 valence electrons. The number of hydrogen-bond acceptors (Lipinski definition) is 5. The van der Waals surface area contributed by atoms with E-state index in [4.69, 9.17) is 9.52 Å². The molecule has 0 aliphatic heterocycles. The van der Waals surface area contributed by atoms with Crippen molar-refractivity contribution in [1.29, 1.82) is 0 Å². The minimum Gasteiger partial charge on any atom is -0.507 e. The summed E-state index contributed by atoms with van der Waals surface area (Å²) >= 11 is 0.796. The predicted octanol–water partition coefficient (Wildman–Crippen LogP) is 1.26. The number of aromatic carboxylic acids is 1. The fourth-order valence-electron chi connectivity index (χ4n) is 1.08. The Labute approximate surface area is 80.8 Å². The van der Waals surface area contributed by atoms with Crippen LogP contribution in [0.25, 0.3) is 10.3 Å². The highest BCUT2D eigenvalue weighted by molar-refractivity contribution is 7.16. The number of fused-ring (bicyclic) bond motifs is 1. The van der Waals surface area contributed by atoms with E-state index < -0.39 is 16.7 Å². The van der Waals surface area contributed by atoms with Crippen LogP contribution in [0.4, 0.5) is 0 Å². The van der Waals surface area contributed by atoms with Crippen LogP contribution in [0.2, 0.25) is 0 Å². The van der Waals surface area contributed by atoms with E-state index in [0.29, 0.717) is 4.70 Å². The zero-order valence-electron chi connectivity index (χ0n) is 6.68. The largest absolute Gasteiger partial charge is 0.507 e. The maximum Gasteiger partial charge on any atom is 0.396 e. The van der Waals surface area contributed by atoms with Crippen molar-refractivity contribution in [2.24, 2.45) is 0 Å². The fraction of sp³-hybridized carbons (Fsp3) is 0. The zero-order chi connectivity index (χ0) is 10.3. The molecule has 2 rings (SSSR count). The molecule has 0 aliphatic rings. The third-order valence-electron chi connectivity index (χ3n) is 1.68. The summed E-state index contributed by atoms with van der Waals surface area (Å²) in [6.07, 6.45) is 0. The molecule has 0 bridgehead atoms. The van der Waals surface area contributed by atoms with Gasteiger partial charge in [0.1, 0.15) is 11.3 Å². The molecule has 1 heterocycles. The molecule has 2 aromatic rings. The summed E-state index contributed by atoms with van der Waals surface area (Å²) in [7, 11) is 0. The minimum absolute atomic E-state index is 0.197. The molecule has 0 unspecified atom stereocenters. The standard InChI is InChI=1S/C8H4O5S/c9-4-2-5-6(14-8(12)13-5)1-3(4)7(10)11/h1-2,9H,(H,10,11). The lowest BCUT2D eigenvalue weighted by Crippen LogP contribution is -1.95. The highest BCUT2D eigenvalue weighted by atomic mass is 32.1. The van der Waals surface area contributed by atoms with Crippen LogP contribution in [-0.4, -0.2) is 16.2 Å². The Bertz CT molecular complexity index is 565. The SMILES string of the molecule is O=C(O)c1cc2sc(=O)oc2cc1O. The quantitative estimate of drug-likeness (QED) is 0.742. The van der Waals surface area contributed by atoms with E-state index in [1.54, 1.807) is 0 Å². The average molecular weight is 212 g/mol. The van der Waals surface area contributed by atoms with Crippen LogP contribution in [0.3, 0.4) is 0 Å². The molecular formula is C8H4O5S. The van der Waals surface area contributed by atoms with Gasteiger partial charge in [-0.15, -0.1) is 0 Å². The highest BCUT2D eigenvalue weighted by Crippen LogP contribution is 2.26. The minimum atomic E-state index is -1.25. The molecule has 0 saturated heterocycles. The number of benzene rings is 1. The van der Waals surface area contributed by atoms with E-state index in [-0.39, 0.29) is 11.1 Å². The Balaban J connectivity index is 2.82. The summed E-state index contributed by atoms with van der Waals surface area (Å²) < 4.78 is 5.10. The van der Waals surface area contributed by atoms with Gasteiger partial charge in [-0.1, -0.05) is 11.3 Å². The van der Waals surface area contributed by atoms with Gasteiger partial charge in [0.2, 0.25) is 0 Å². The highest BCUT2D eigenvalue weighted by Gasteiger charge is 2.13. The summed E-state index contributed by atoms with van der Waals surface area (Å²) in [5, 5.41) is 17.9. The van der Waals surface area contributed by atoms with Gasteiger partial charge in [0, 0.05) is 6.07 Å². The average Bonchev–Trinajstić information content (AvgIpc) is 2.42. The molecule has 6 heteroatoms. The molecule has 0 spiro atoms. The number of hydrogen-bond donors (Lipinski definition) is 2. The van der Waals surface area contributed by atoms with Crippen LogP contribution in [0.5, 0.6) is 5.75 Å². The smallest absolute Gasteiger partial charge is 0.396 e. The molecule has 2 N–H and O–H groups in total. The third-order valence-corrected chi connectivity index (χ3v) is 2.47. The molecule has 0 amide bonds. The summed E-state index contributed by atoms with van der Waals surface area (Å²) in [5.41, 5.74) is -0.0444. The van der Waals surface area contributed by atoms with Gasteiger partial charge < -0.3 is 14.6 Å². The maximum absolute atomic E-state index is 10.8. The number of phenols is 1. The molecule has 0 atom stereocenters. The van der Waals surface area contributed by atoms with Crippen molar-refractivity contribution in [3.05, 3.63) is 27.4 Å². The lowest BCUT2D eigenvalue weighted by Gasteiger charge is -1.97. The molecule has 0 saturated carbocycles. The number of rotatable bonds is 1. The molecule has 14 heavy (non-hydrogen) atoms. The Hall–Kier alpha value is -1.82.